The first-order valence-corrected chi connectivity index (χ1v) is 6.51. The Morgan fingerprint density at radius 2 is 2.06 bits per heavy atom. The number of nitrogens with zero attached hydrogens (tertiary/aromatic N) is 2. The van der Waals surface area contributed by atoms with Gasteiger partial charge in [0.1, 0.15) is 9.39 Å². The van der Waals surface area contributed by atoms with Crippen molar-refractivity contribution in [2.75, 3.05) is 11.4 Å². The lowest BCUT2D eigenvalue weighted by Crippen LogP contribution is -2.36. The van der Waals surface area contributed by atoms with E-state index in [1.165, 1.54) is 6.33 Å². The molecule has 4 nitrogen and oxygen atoms in total. The van der Waals surface area contributed by atoms with Crippen molar-refractivity contribution in [2.45, 2.75) is 33.7 Å². The van der Waals surface area contributed by atoms with Gasteiger partial charge < -0.3 is 9.88 Å². The summed E-state index contributed by atoms with van der Waals surface area (Å²) in [5.74, 6) is 1.33. The van der Waals surface area contributed by atoms with Gasteiger partial charge in [-0.05, 0) is 42.4 Å². The highest BCUT2D eigenvalue weighted by Gasteiger charge is 2.17. The van der Waals surface area contributed by atoms with Gasteiger partial charge in [-0.2, -0.15) is 0 Å². The average molecular weight is 335 g/mol. The first kappa shape index (κ1) is 13.5. The van der Waals surface area contributed by atoms with Crippen molar-refractivity contribution < 1.29 is 0 Å². The highest BCUT2D eigenvalue weighted by molar-refractivity contribution is 14.1. The molecule has 1 heterocycles. The Bertz CT molecular complexity index is 400. The van der Waals surface area contributed by atoms with Crippen molar-refractivity contribution in [3.8, 4) is 0 Å². The first-order valence-electron chi connectivity index (χ1n) is 5.43. The maximum atomic E-state index is 11.5. The largest absolute Gasteiger partial charge is 0.353 e. The number of H-pyrrole nitrogens is 1. The standard InChI is InChI=1S/C11H18IN3O/c1-7(2)5-15(8(3)4)10-9(12)11(16)14-6-13-10/h6-8H,5H2,1-4H3,(H,13,14,16). The Morgan fingerprint density at radius 3 is 2.56 bits per heavy atom. The van der Waals surface area contributed by atoms with E-state index in [9.17, 15) is 4.79 Å². The third kappa shape index (κ3) is 3.20. The van der Waals surface area contributed by atoms with Crippen LogP contribution in [0, 0.1) is 9.49 Å². The molecule has 1 N–H and O–H groups in total. The van der Waals surface area contributed by atoms with Gasteiger partial charge in [-0.3, -0.25) is 4.79 Å². The van der Waals surface area contributed by atoms with Crippen LogP contribution in [0.4, 0.5) is 5.82 Å². The summed E-state index contributed by atoms with van der Waals surface area (Å²) in [4.78, 5) is 20.6. The number of anilines is 1. The summed E-state index contributed by atoms with van der Waals surface area (Å²) in [5, 5.41) is 0. The Balaban J connectivity index is 3.11. The second-order valence-corrected chi connectivity index (χ2v) is 5.59. The summed E-state index contributed by atoms with van der Waals surface area (Å²) in [6.07, 6.45) is 1.47. The number of hydrogen-bond donors (Lipinski definition) is 1. The van der Waals surface area contributed by atoms with Gasteiger partial charge in [-0.1, -0.05) is 13.8 Å². The van der Waals surface area contributed by atoms with Gasteiger partial charge in [-0.15, -0.1) is 0 Å². The van der Waals surface area contributed by atoms with Crippen LogP contribution in [0.1, 0.15) is 27.7 Å². The zero-order chi connectivity index (χ0) is 12.3. The molecule has 0 aliphatic rings. The molecule has 0 aromatic carbocycles. The SMILES string of the molecule is CC(C)CN(c1nc[nH]c(=O)c1I)C(C)C. The molecule has 0 radical (unpaired) electrons. The normalized spacial score (nSPS) is 11.2. The molecule has 0 atom stereocenters. The third-order valence-electron chi connectivity index (χ3n) is 2.24. The minimum atomic E-state index is -0.0694. The van der Waals surface area contributed by atoms with Crippen molar-refractivity contribution >= 4 is 28.4 Å². The second-order valence-electron chi connectivity index (χ2n) is 4.51. The highest BCUT2D eigenvalue weighted by atomic mass is 127. The number of nitrogens with one attached hydrogen (secondary N) is 1. The summed E-state index contributed by atoms with van der Waals surface area (Å²) in [6.45, 7) is 9.46. The van der Waals surface area contributed by atoms with E-state index in [0.29, 0.717) is 15.5 Å². The van der Waals surface area contributed by atoms with Crippen LogP contribution in [-0.2, 0) is 0 Å². The van der Waals surface area contributed by atoms with Gasteiger partial charge in [0.15, 0.2) is 0 Å². The maximum Gasteiger partial charge on any atom is 0.266 e. The fourth-order valence-corrected chi connectivity index (χ4v) is 2.11. The van der Waals surface area contributed by atoms with Gasteiger partial charge in [-0.25, -0.2) is 4.98 Å². The van der Waals surface area contributed by atoms with Crippen molar-refractivity contribution in [2.24, 2.45) is 5.92 Å². The smallest absolute Gasteiger partial charge is 0.266 e. The van der Waals surface area contributed by atoms with Crippen molar-refractivity contribution in [1.29, 1.82) is 0 Å². The predicted octanol–water partition coefficient (Wildman–Crippen LogP) is 2.25. The van der Waals surface area contributed by atoms with Crippen molar-refractivity contribution in [3.63, 3.8) is 0 Å². The molecule has 1 rings (SSSR count). The Labute approximate surface area is 110 Å². The van der Waals surface area contributed by atoms with Crippen LogP contribution in [0.2, 0.25) is 0 Å². The maximum absolute atomic E-state index is 11.5. The second kappa shape index (κ2) is 5.65. The zero-order valence-corrected chi connectivity index (χ0v) is 12.3. The number of rotatable bonds is 4. The number of hydrogen-bond acceptors (Lipinski definition) is 3. The molecule has 0 spiro atoms. The first-order chi connectivity index (χ1) is 7.43. The van der Waals surface area contributed by atoms with Crippen LogP contribution >= 0.6 is 22.6 Å². The van der Waals surface area contributed by atoms with Crippen LogP contribution < -0.4 is 10.5 Å². The molecule has 1 aromatic rings. The highest BCUT2D eigenvalue weighted by Crippen LogP contribution is 2.19. The summed E-state index contributed by atoms with van der Waals surface area (Å²) < 4.78 is 0.662. The van der Waals surface area contributed by atoms with Crippen LogP contribution in [0.3, 0.4) is 0 Å². The van der Waals surface area contributed by atoms with E-state index < -0.39 is 0 Å². The number of aromatic amines is 1. The zero-order valence-electron chi connectivity index (χ0n) is 10.1. The molecular formula is C11H18IN3O. The molecular weight excluding hydrogens is 317 g/mol. The van der Waals surface area contributed by atoms with Gasteiger partial charge >= 0.3 is 0 Å². The topological polar surface area (TPSA) is 49.0 Å². The number of halogens is 1. The van der Waals surface area contributed by atoms with Crippen LogP contribution in [0.25, 0.3) is 0 Å². The molecule has 5 heteroatoms. The van der Waals surface area contributed by atoms with Crippen LogP contribution in [-0.4, -0.2) is 22.6 Å². The monoisotopic (exact) mass is 335 g/mol. The molecule has 90 valence electrons. The Hall–Kier alpha value is -0.590. The van der Waals surface area contributed by atoms with E-state index in [-0.39, 0.29) is 5.56 Å². The fraction of sp³-hybridized carbons (Fsp3) is 0.636. The van der Waals surface area contributed by atoms with E-state index in [1.54, 1.807) is 0 Å². The van der Waals surface area contributed by atoms with E-state index in [4.69, 9.17) is 0 Å². The molecule has 0 saturated heterocycles. The van der Waals surface area contributed by atoms with Gasteiger partial charge in [0.25, 0.3) is 5.56 Å². The van der Waals surface area contributed by atoms with E-state index >= 15 is 0 Å². The average Bonchev–Trinajstić information content (AvgIpc) is 2.18. The minimum Gasteiger partial charge on any atom is -0.353 e. The lowest BCUT2D eigenvalue weighted by Gasteiger charge is -2.29. The van der Waals surface area contributed by atoms with Crippen molar-refractivity contribution in [3.05, 3.63) is 20.3 Å². The van der Waals surface area contributed by atoms with Crippen molar-refractivity contribution in [1.82, 2.24) is 9.97 Å². The van der Waals surface area contributed by atoms with E-state index in [1.807, 2.05) is 0 Å². The molecule has 16 heavy (non-hydrogen) atoms. The third-order valence-corrected chi connectivity index (χ3v) is 3.21. The molecule has 1 aromatic heterocycles. The van der Waals surface area contributed by atoms with E-state index in [2.05, 4.69) is 65.2 Å². The lowest BCUT2D eigenvalue weighted by atomic mass is 10.2. The molecule has 0 aliphatic heterocycles. The molecule has 0 saturated carbocycles. The van der Waals surface area contributed by atoms with Crippen LogP contribution in [0.15, 0.2) is 11.1 Å². The summed E-state index contributed by atoms with van der Waals surface area (Å²) >= 11 is 2.05. The van der Waals surface area contributed by atoms with Gasteiger partial charge in [0.05, 0.1) is 6.33 Å². The predicted molar refractivity (Wildman–Crippen MR) is 74.9 cm³/mol. The quantitative estimate of drug-likeness (QED) is 0.859. The van der Waals surface area contributed by atoms with Gasteiger partial charge in [0.2, 0.25) is 0 Å². The molecule has 0 unspecified atom stereocenters. The fourth-order valence-electron chi connectivity index (χ4n) is 1.51. The summed E-state index contributed by atoms with van der Waals surface area (Å²) in [5.41, 5.74) is -0.0694. The lowest BCUT2D eigenvalue weighted by molar-refractivity contribution is 0.564. The summed E-state index contributed by atoms with van der Waals surface area (Å²) in [7, 11) is 0. The summed E-state index contributed by atoms with van der Waals surface area (Å²) in [6, 6.07) is 0.338. The Morgan fingerprint density at radius 1 is 1.44 bits per heavy atom. The minimum absolute atomic E-state index is 0.0694. The molecule has 0 bridgehead atoms. The molecule has 0 fully saturated rings. The Kier molecular flexibility index (Phi) is 4.76. The molecule has 0 aliphatic carbocycles. The van der Waals surface area contributed by atoms with Crippen LogP contribution in [0.5, 0.6) is 0 Å². The van der Waals surface area contributed by atoms with E-state index in [0.717, 1.165) is 12.4 Å². The van der Waals surface area contributed by atoms with Gasteiger partial charge in [0, 0.05) is 12.6 Å². The molecule has 0 amide bonds. The number of aromatic nitrogens is 2.